The topological polar surface area (TPSA) is 74.7 Å². The molecular weight excluding hydrogens is 218 g/mol. The second-order valence-electron chi connectivity index (χ2n) is 4.65. The molecule has 0 aliphatic heterocycles. The maximum absolute atomic E-state index is 12.0. The molecule has 0 heterocycles. The molecule has 5 nitrogen and oxygen atoms in total. The van der Waals surface area contributed by atoms with Crippen molar-refractivity contribution in [1.82, 2.24) is 4.31 Å². The summed E-state index contributed by atoms with van der Waals surface area (Å²) in [5.74, 6) is -1.14. The third kappa shape index (κ3) is 3.46. The fourth-order valence-electron chi connectivity index (χ4n) is 1.03. The van der Waals surface area contributed by atoms with Crippen LogP contribution in [0, 0.1) is 0 Å². The van der Waals surface area contributed by atoms with E-state index in [0.29, 0.717) is 0 Å². The van der Waals surface area contributed by atoms with Crippen molar-refractivity contribution in [2.75, 3.05) is 6.54 Å². The first-order chi connectivity index (χ1) is 6.50. The highest BCUT2D eigenvalue weighted by Crippen LogP contribution is 2.21. The molecule has 0 spiro atoms. The zero-order chi connectivity index (χ0) is 12.4. The fourth-order valence-corrected chi connectivity index (χ4v) is 2.57. The summed E-state index contributed by atoms with van der Waals surface area (Å²) in [5.41, 5.74) is 0. The molecule has 6 heteroatoms. The number of nitrogens with zero attached hydrogens (tertiary/aromatic N) is 1. The maximum Gasteiger partial charge on any atom is 0.318 e. The number of hydrogen-bond donors (Lipinski definition) is 1. The standard InChI is InChI=1S/C9H19NO4S/c1-7(2)10(6-8(11)12)15(13,14)9(3,4)5/h7H,6H2,1-5H3,(H,11,12). The molecule has 0 aromatic rings. The normalized spacial score (nSPS) is 13.5. The lowest BCUT2D eigenvalue weighted by Crippen LogP contribution is -2.48. The third-order valence-corrected chi connectivity index (χ3v) is 4.67. The summed E-state index contributed by atoms with van der Waals surface area (Å²) in [5, 5.41) is 8.66. The average Bonchev–Trinajstić information content (AvgIpc) is 1.96. The van der Waals surface area contributed by atoms with Crippen LogP contribution in [0.2, 0.25) is 0 Å². The lowest BCUT2D eigenvalue weighted by molar-refractivity contribution is -0.137. The van der Waals surface area contributed by atoms with Crippen LogP contribution >= 0.6 is 0 Å². The summed E-state index contributed by atoms with van der Waals surface area (Å²) >= 11 is 0. The Bertz CT molecular complexity index is 327. The molecule has 0 amide bonds. The molecule has 0 aromatic heterocycles. The number of hydrogen-bond acceptors (Lipinski definition) is 3. The van der Waals surface area contributed by atoms with E-state index in [2.05, 4.69) is 0 Å². The van der Waals surface area contributed by atoms with Crippen molar-refractivity contribution in [3.05, 3.63) is 0 Å². The smallest absolute Gasteiger partial charge is 0.318 e. The van der Waals surface area contributed by atoms with Gasteiger partial charge >= 0.3 is 5.97 Å². The number of carbonyl (C=O) groups is 1. The maximum atomic E-state index is 12.0. The molecule has 1 N–H and O–H groups in total. The lowest BCUT2D eigenvalue weighted by Gasteiger charge is -2.31. The average molecular weight is 237 g/mol. The van der Waals surface area contributed by atoms with Crippen LogP contribution in [0.1, 0.15) is 34.6 Å². The second kappa shape index (κ2) is 4.49. The van der Waals surface area contributed by atoms with Crippen molar-refractivity contribution < 1.29 is 18.3 Å². The van der Waals surface area contributed by atoms with E-state index in [1.165, 1.54) is 0 Å². The number of aliphatic carboxylic acids is 1. The van der Waals surface area contributed by atoms with Crippen molar-refractivity contribution in [2.24, 2.45) is 0 Å². The zero-order valence-corrected chi connectivity index (χ0v) is 10.6. The van der Waals surface area contributed by atoms with Crippen LogP contribution in [0.3, 0.4) is 0 Å². The molecule has 0 aliphatic carbocycles. The van der Waals surface area contributed by atoms with Crippen molar-refractivity contribution in [3.63, 3.8) is 0 Å². The largest absolute Gasteiger partial charge is 0.480 e. The van der Waals surface area contributed by atoms with Crippen LogP contribution in [0.25, 0.3) is 0 Å². The highest BCUT2D eigenvalue weighted by molar-refractivity contribution is 7.90. The fraction of sp³-hybridized carbons (Fsp3) is 0.889. The van der Waals surface area contributed by atoms with Crippen molar-refractivity contribution >= 4 is 16.0 Å². The first-order valence-corrected chi connectivity index (χ1v) is 6.17. The number of rotatable bonds is 4. The predicted octanol–water partition coefficient (Wildman–Crippen LogP) is 0.910. The monoisotopic (exact) mass is 237 g/mol. The van der Waals surface area contributed by atoms with Gasteiger partial charge in [-0.2, -0.15) is 4.31 Å². The van der Waals surface area contributed by atoms with Crippen molar-refractivity contribution in [1.29, 1.82) is 0 Å². The van der Waals surface area contributed by atoms with E-state index < -0.39 is 27.3 Å². The summed E-state index contributed by atoms with van der Waals surface area (Å²) in [6, 6.07) is -0.356. The van der Waals surface area contributed by atoms with Crippen molar-refractivity contribution in [3.8, 4) is 0 Å². The Balaban J connectivity index is 5.19. The highest BCUT2D eigenvalue weighted by Gasteiger charge is 2.37. The first-order valence-electron chi connectivity index (χ1n) is 4.73. The molecule has 0 atom stereocenters. The van der Waals surface area contributed by atoms with Crippen LogP contribution < -0.4 is 0 Å². The molecule has 15 heavy (non-hydrogen) atoms. The van der Waals surface area contributed by atoms with Gasteiger partial charge in [0, 0.05) is 6.04 Å². The summed E-state index contributed by atoms with van der Waals surface area (Å²) in [7, 11) is -3.58. The molecule has 0 aromatic carbocycles. The van der Waals surface area contributed by atoms with E-state index in [1.54, 1.807) is 34.6 Å². The molecule has 0 rings (SSSR count). The van der Waals surface area contributed by atoms with Gasteiger partial charge in [0.1, 0.15) is 6.54 Å². The minimum absolute atomic E-state index is 0.356. The van der Waals surface area contributed by atoms with E-state index in [1.807, 2.05) is 0 Å². The van der Waals surface area contributed by atoms with Gasteiger partial charge in [0.25, 0.3) is 0 Å². The highest BCUT2D eigenvalue weighted by atomic mass is 32.2. The first kappa shape index (κ1) is 14.4. The Kier molecular flexibility index (Phi) is 4.30. The molecule has 0 fully saturated rings. The van der Waals surface area contributed by atoms with Crippen LogP contribution in [0.15, 0.2) is 0 Å². The minimum atomic E-state index is -3.58. The summed E-state index contributed by atoms with van der Waals surface area (Å²) in [6.45, 7) is 7.49. The quantitative estimate of drug-likeness (QED) is 0.788. The third-order valence-electron chi connectivity index (χ3n) is 1.95. The molecule has 0 unspecified atom stereocenters. The van der Waals surface area contributed by atoms with Gasteiger partial charge in [-0.25, -0.2) is 8.42 Å². The Labute approximate surface area is 91.1 Å². The molecular formula is C9H19NO4S. The SMILES string of the molecule is CC(C)N(CC(=O)O)S(=O)(=O)C(C)(C)C. The zero-order valence-electron chi connectivity index (χ0n) is 9.81. The van der Waals surface area contributed by atoms with Crippen LogP contribution in [-0.2, 0) is 14.8 Å². The van der Waals surface area contributed by atoms with Gasteiger partial charge in [0.05, 0.1) is 4.75 Å². The van der Waals surface area contributed by atoms with E-state index in [9.17, 15) is 13.2 Å². The molecule has 0 radical (unpaired) electrons. The molecule has 0 bridgehead atoms. The molecule has 0 saturated carbocycles. The molecule has 90 valence electrons. The second-order valence-corrected chi connectivity index (χ2v) is 7.29. The van der Waals surface area contributed by atoms with E-state index in [0.717, 1.165) is 4.31 Å². The van der Waals surface area contributed by atoms with Crippen molar-refractivity contribution in [2.45, 2.75) is 45.4 Å². The predicted molar refractivity (Wildman–Crippen MR) is 58.2 cm³/mol. The van der Waals surface area contributed by atoms with E-state index in [-0.39, 0.29) is 6.04 Å². The van der Waals surface area contributed by atoms with Gasteiger partial charge in [-0.05, 0) is 34.6 Å². The Morgan fingerprint density at radius 2 is 1.73 bits per heavy atom. The van der Waals surface area contributed by atoms with E-state index in [4.69, 9.17) is 5.11 Å². The van der Waals surface area contributed by atoms with Gasteiger partial charge < -0.3 is 5.11 Å². The number of carboxylic acids is 1. The Hall–Kier alpha value is -0.620. The van der Waals surface area contributed by atoms with Crippen LogP contribution in [0.4, 0.5) is 0 Å². The number of sulfonamides is 1. The van der Waals surface area contributed by atoms with E-state index >= 15 is 0 Å². The van der Waals surface area contributed by atoms with Gasteiger partial charge in [-0.15, -0.1) is 0 Å². The summed E-state index contributed by atoms with van der Waals surface area (Å²) < 4.78 is 24.0. The van der Waals surface area contributed by atoms with Gasteiger partial charge in [0.2, 0.25) is 10.0 Å². The summed E-state index contributed by atoms with van der Waals surface area (Å²) in [4.78, 5) is 10.6. The molecule has 0 saturated heterocycles. The number of carboxylic acid groups (broad SMARTS) is 1. The van der Waals surface area contributed by atoms with Gasteiger partial charge in [-0.1, -0.05) is 0 Å². The Morgan fingerprint density at radius 3 is 1.93 bits per heavy atom. The van der Waals surface area contributed by atoms with Crippen LogP contribution in [-0.4, -0.2) is 41.1 Å². The molecule has 0 aliphatic rings. The lowest BCUT2D eigenvalue weighted by atomic mass is 10.3. The Morgan fingerprint density at radius 1 is 1.33 bits per heavy atom. The van der Waals surface area contributed by atoms with Gasteiger partial charge in [-0.3, -0.25) is 4.79 Å². The van der Waals surface area contributed by atoms with Crippen LogP contribution in [0.5, 0.6) is 0 Å². The minimum Gasteiger partial charge on any atom is -0.480 e. The summed E-state index contributed by atoms with van der Waals surface area (Å²) in [6.07, 6.45) is 0. The van der Waals surface area contributed by atoms with Gasteiger partial charge in [0.15, 0.2) is 0 Å².